The van der Waals surface area contributed by atoms with Gasteiger partial charge in [0, 0.05) is 0 Å². The van der Waals surface area contributed by atoms with E-state index in [9.17, 15) is 0 Å². The summed E-state index contributed by atoms with van der Waals surface area (Å²) < 4.78 is 0. The van der Waals surface area contributed by atoms with Gasteiger partial charge in [0.25, 0.3) is 0 Å². The van der Waals surface area contributed by atoms with Gasteiger partial charge in [-0.3, -0.25) is 0 Å². The molecule has 3 saturated carbocycles. The fraction of sp³-hybridized carbons (Fsp3) is 0.900. The molecule has 0 aromatic carbocycles. The highest BCUT2D eigenvalue weighted by Gasteiger charge is 2.57. The quantitative estimate of drug-likeness (QED) is 0.476. The van der Waals surface area contributed by atoms with Crippen molar-refractivity contribution in [2.24, 2.45) is 34.5 Å². The van der Waals surface area contributed by atoms with Crippen molar-refractivity contribution in [2.75, 3.05) is 0 Å². The summed E-state index contributed by atoms with van der Waals surface area (Å²) in [5, 5.41) is 0. The highest BCUT2D eigenvalue weighted by molar-refractivity contribution is 5.23. The van der Waals surface area contributed by atoms with Crippen LogP contribution in [0, 0.1) is 34.5 Å². The van der Waals surface area contributed by atoms with E-state index in [0.29, 0.717) is 10.8 Å². The molecule has 112 valence electrons. The molecular weight excluding hydrogens is 240 g/mol. The van der Waals surface area contributed by atoms with Gasteiger partial charge in [0.1, 0.15) is 0 Å². The molecule has 0 aliphatic heterocycles. The first-order valence-corrected chi connectivity index (χ1v) is 9.25. The van der Waals surface area contributed by atoms with Crippen LogP contribution >= 0.6 is 0 Å². The van der Waals surface area contributed by atoms with Crippen molar-refractivity contribution in [1.29, 1.82) is 0 Å². The number of fused-ring (bicyclic) bond motifs is 5. The average Bonchev–Trinajstić information content (AvgIpc) is 2.74. The molecule has 0 heteroatoms. The highest BCUT2D eigenvalue weighted by atomic mass is 14.6. The van der Waals surface area contributed by atoms with Crippen LogP contribution in [0.4, 0.5) is 0 Å². The molecule has 4 aliphatic carbocycles. The number of hydrogen-bond acceptors (Lipinski definition) is 0. The van der Waals surface area contributed by atoms with Crippen LogP contribution in [0.2, 0.25) is 0 Å². The molecule has 0 aromatic heterocycles. The number of rotatable bonds is 0. The van der Waals surface area contributed by atoms with E-state index in [-0.39, 0.29) is 0 Å². The summed E-state index contributed by atoms with van der Waals surface area (Å²) in [7, 11) is 0. The summed E-state index contributed by atoms with van der Waals surface area (Å²) in [6.07, 6.45) is 15.9. The second kappa shape index (κ2) is 4.37. The van der Waals surface area contributed by atoms with E-state index >= 15 is 0 Å². The molecule has 0 N–H and O–H groups in total. The van der Waals surface area contributed by atoms with Crippen LogP contribution in [0.15, 0.2) is 11.6 Å². The molecule has 1 unspecified atom stereocenters. The lowest BCUT2D eigenvalue weighted by Crippen LogP contribution is -2.49. The predicted molar refractivity (Wildman–Crippen MR) is 85.5 cm³/mol. The minimum atomic E-state index is 0.592. The Balaban J connectivity index is 1.68. The van der Waals surface area contributed by atoms with Gasteiger partial charge in [0.05, 0.1) is 0 Å². The molecule has 20 heavy (non-hydrogen) atoms. The van der Waals surface area contributed by atoms with Gasteiger partial charge in [-0.2, -0.15) is 0 Å². The van der Waals surface area contributed by atoms with Crippen molar-refractivity contribution in [1.82, 2.24) is 0 Å². The van der Waals surface area contributed by atoms with Gasteiger partial charge in [-0.05, 0) is 92.3 Å². The zero-order chi connectivity index (χ0) is 14.0. The van der Waals surface area contributed by atoms with Gasteiger partial charge in [0.2, 0.25) is 0 Å². The second-order valence-corrected chi connectivity index (χ2v) is 8.98. The maximum absolute atomic E-state index is 2.64. The van der Waals surface area contributed by atoms with Crippen LogP contribution in [0.3, 0.4) is 0 Å². The van der Waals surface area contributed by atoms with E-state index in [4.69, 9.17) is 0 Å². The topological polar surface area (TPSA) is 0 Å². The summed E-state index contributed by atoms with van der Waals surface area (Å²) in [5.74, 6) is 4.10. The third kappa shape index (κ3) is 1.60. The van der Waals surface area contributed by atoms with Gasteiger partial charge in [-0.25, -0.2) is 0 Å². The van der Waals surface area contributed by atoms with E-state index in [2.05, 4.69) is 26.8 Å². The highest BCUT2D eigenvalue weighted by Crippen LogP contribution is 2.66. The second-order valence-electron chi connectivity index (χ2n) is 8.98. The summed E-state index contributed by atoms with van der Waals surface area (Å²) in [6.45, 7) is 7.81. The Kier molecular flexibility index (Phi) is 2.93. The van der Waals surface area contributed by atoms with Crippen molar-refractivity contribution < 1.29 is 0 Å². The smallest absolute Gasteiger partial charge is 0.00853 e. The Morgan fingerprint density at radius 3 is 2.70 bits per heavy atom. The van der Waals surface area contributed by atoms with Crippen molar-refractivity contribution in [3.63, 3.8) is 0 Å². The van der Waals surface area contributed by atoms with Gasteiger partial charge < -0.3 is 0 Å². The Bertz CT molecular complexity index is 433. The number of allylic oxidation sites excluding steroid dienone is 2. The summed E-state index contributed by atoms with van der Waals surface area (Å²) in [5.41, 5.74) is 3.14. The van der Waals surface area contributed by atoms with Crippen LogP contribution in [-0.4, -0.2) is 0 Å². The Morgan fingerprint density at radius 2 is 1.85 bits per heavy atom. The fourth-order valence-corrected chi connectivity index (χ4v) is 7.02. The molecule has 0 aromatic rings. The average molecular weight is 272 g/mol. The van der Waals surface area contributed by atoms with E-state index < -0.39 is 0 Å². The maximum atomic E-state index is 2.64. The minimum absolute atomic E-state index is 0.592. The first kappa shape index (κ1) is 13.4. The fourth-order valence-electron chi connectivity index (χ4n) is 7.02. The molecular formula is C20H32. The molecule has 6 atom stereocenters. The monoisotopic (exact) mass is 272 g/mol. The van der Waals surface area contributed by atoms with E-state index in [1.165, 1.54) is 57.8 Å². The van der Waals surface area contributed by atoms with Crippen LogP contribution < -0.4 is 0 Å². The lowest BCUT2D eigenvalue weighted by molar-refractivity contribution is -0.0486. The summed E-state index contributed by atoms with van der Waals surface area (Å²) in [6, 6.07) is 0. The minimum Gasteiger partial charge on any atom is -0.0848 e. The first-order valence-electron chi connectivity index (χ1n) is 9.25. The maximum Gasteiger partial charge on any atom is -0.00853 e. The van der Waals surface area contributed by atoms with Gasteiger partial charge >= 0.3 is 0 Å². The molecule has 3 fully saturated rings. The SMILES string of the molecule is CC1CC[C@H]2[C@@H]3CCC4=CCCC[C@]4(C)[C@H]3CC[C@]12C. The molecule has 4 aliphatic rings. The molecule has 0 nitrogen and oxygen atoms in total. The molecule has 0 saturated heterocycles. The normalized spacial score (nSPS) is 54.6. The number of hydrogen-bond donors (Lipinski definition) is 0. The van der Waals surface area contributed by atoms with E-state index in [1.807, 2.05) is 5.57 Å². The van der Waals surface area contributed by atoms with Crippen LogP contribution in [0.1, 0.15) is 78.6 Å². The van der Waals surface area contributed by atoms with Crippen molar-refractivity contribution in [3.05, 3.63) is 11.6 Å². The van der Waals surface area contributed by atoms with E-state index in [0.717, 1.165) is 23.7 Å². The zero-order valence-electron chi connectivity index (χ0n) is 13.8. The summed E-state index contributed by atoms with van der Waals surface area (Å²) in [4.78, 5) is 0. The van der Waals surface area contributed by atoms with Crippen molar-refractivity contribution >= 4 is 0 Å². The largest absolute Gasteiger partial charge is 0.0848 e. The zero-order valence-corrected chi connectivity index (χ0v) is 13.8. The first-order chi connectivity index (χ1) is 9.56. The van der Waals surface area contributed by atoms with Crippen molar-refractivity contribution in [2.45, 2.75) is 78.6 Å². The van der Waals surface area contributed by atoms with Crippen LogP contribution in [-0.2, 0) is 0 Å². The molecule has 4 rings (SSSR count). The van der Waals surface area contributed by atoms with E-state index in [1.54, 1.807) is 0 Å². The lowest BCUT2D eigenvalue weighted by Gasteiger charge is -2.58. The molecule has 0 spiro atoms. The summed E-state index contributed by atoms with van der Waals surface area (Å²) >= 11 is 0. The van der Waals surface area contributed by atoms with Gasteiger partial charge in [-0.15, -0.1) is 0 Å². The molecule has 0 amide bonds. The molecule has 0 heterocycles. The molecule has 0 bridgehead atoms. The van der Waals surface area contributed by atoms with Crippen molar-refractivity contribution in [3.8, 4) is 0 Å². The third-order valence-corrected chi connectivity index (χ3v) is 8.50. The predicted octanol–water partition coefficient (Wildman–Crippen LogP) is 5.98. The Labute approximate surface area is 125 Å². The molecule has 0 radical (unpaired) electrons. The Hall–Kier alpha value is -0.260. The standard InChI is InChI=1S/C20H32/c1-14-7-10-17-16-9-8-15-6-4-5-12-20(15,3)18(16)11-13-19(14,17)2/h6,14,16-18H,4-5,7-13H2,1-3H3/t14?,16-,17-,18-,19+,20-/m0/s1. The Morgan fingerprint density at radius 1 is 1.00 bits per heavy atom. The van der Waals surface area contributed by atoms with Gasteiger partial charge in [-0.1, -0.05) is 32.4 Å². The lowest BCUT2D eigenvalue weighted by atomic mass is 9.47. The van der Waals surface area contributed by atoms with Crippen LogP contribution in [0.25, 0.3) is 0 Å². The van der Waals surface area contributed by atoms with Crippen LogP contribution in [0.5, 0.6) is 0 Å². The van der Waals surface area contributed by atoms with Gasteiger partial charge in [0.15, 0.2) is 0 Å². The third-order valence-electron chi connectivity index (χ3n) is 8.50.